The minimum Gasteiger partial charge on any atom is -0.384 e. The van der Waals surface area contributed by atoms with Gasteiger partial charge >= 0.3 is 0 Å². The topological polar surface area (TPSA) is 165 Å². The third kappa shape index (κ3) is 5.09. The van der Waals surface area contributed by atoms with Crippen LogP contribution in [0, 0.1) is 5.41 Å². The van der Waals surface area contributed by atoms with Crippen LogP contribution in [0.3, 0.4) is 0 Å². The summed E-state index contributed by atoms with van der Waals surface area (Å²) < 4.78 is 2.25. The largest absolute Gasteiger partial charge is 0.384 e. The minimum absolute atomic E-state index is 0.0169. The van der Waals surface area contributed by atoms with Crippen molar-refractivity contribution in [1.29, 1.82) is 5.41 Å². The number of fused-ring (bicyclic) bond motifs is 1. The van der Waals surface area contributed by atoms with Crippen LogP contribution in [0.25, 0.3) is 10.9 Å². The maximum Gasteiger partial charge on any atom is 0.245 e. The molecule has 0 bridgehead atoms. The van der Waals surface area contributed by atoms with Crippen LogP contribution in [0.5, 0.6) is 0 Å². The van der Waals surface area contributed by atoms with Gasteiger partial charge in [0.15, 0.2) is 0 Å². The molecule has 2 aliphatic heterocycles. The zero-order valence-electron chi connectivity index (χ0n) is 20.9. The van der Waals surface area contributed by atoms with E-state index in [-0.39, 0.29) is 30.1 Å². The first kappa shape index (κ1) is 25.7. The number of nitrogens with one attached hydrogen (secondary N) is 1. The molecule has 4 rings (SSSR count). The molecule has 0 unspecified atom stereocenters. The number of nitrogen functional groups attached to an aromatic ring is 1. The number of aryl methyl sites for hydroxylation is 2. The summed E-state index contributed by atoms with van der Waals surface area (Å²) in [7, 11) is 0. The number of hydrogen-bond acceptors (Lipinski definition) is 5. The number of primary amides is 1. The van der Waals surface area contributed by atoms with Gasteiger partial charge < -0.3 is 31.6 Å². The molecule has 3 atom stereocenters. The summed E-state index contributed by atoms with van der Waals surface area (Å²) in [6.07, 6.45) is 4.67. The number of amides is 3. The number of benzene rings is 1. The zero-order chi connectivity index (χ0) is 26.0. The summed E-state index contributed by atoms with van der Waals surface area (Å²) in [5.74, 6) is -0.966. The van der Waals surface area contributed by atoms with Gasteiger partial charge in [0.2, 0.25) is 17.7 Å². The number of carbonyl (C=O) groups is 3. The SMILES string of the molecule is CCn1c(CC[C@@H]2CCCN2C(=O)[C@H]2CCCN2C(=O)[C@@H](N)CC(N)=O)cc2ccc(C(=N)N)cc21. The monoisotopic (exact) mass is 495 g/mol. The molecule has 0 radical (unpaired) electrons. The van der Waals surface area contributed by atoms with E-state index in [4.69, 9.17) is 22.6 Å². The summed E-state index contributed by atoms with van der Waals surface area (Å²) in [6, 6.07) is 6.60. The number of amidine groups is 1. The third-order valence-corrected chi connectivity index (χ3v) is 7.57. The normalized spacial score (nSPS) is 20.7. The predicted molar refractivity (Wildman–Crippen MR) is 138 cm³/mol. The first-order valence-electron chi connectivity index (χ1n) is 12.8. The summed E-state index contributed by atoms with van der Waals surface area (Å²) >= 11 is 0. The van der Waals surface area contributed by atoms with Crippen molar-refractivity contribution in [3.05, 3.63) is 35.5 Å². The van der Waals surface area contributed by atoms with E-state index in [9.17, 15) is 14.4 Å². The molecule has 2 aliphatic rings. The standard InChI is InChI=1S/C26H37N7O3/c1-2-31-19(13-16-7-8-17(24(29)30)14-22(16)31)10-9-18-5-3-11-32(18)26(36)21-6-4-12-33(21)25(35)20(27)15-23(28)34/h7-8,13-14,18,20-21H,2-6,9-12,15,27H2,1H3,(H2,28,34)(H3,29,30)/t18-,20-,21+/m0/s1. The Labute approximate surface area is 211 Å². The molecule has 7 N–H and O–H groups in total. The molecule has 0 spiro atoms. The van der Waals surface area contributed by atoms with Gasteiger partial charge in [-0.25, -0.2) is 0 Å². The van der Waals surface area contributed by atoms with Crippen molar-refractivity contribution >= 4 is 34.5 Å². The lowest BCUT2D eigenvalue weighted by atomic mass is 10.1. The number of nitrogens with zero attached hydrogens (tertiary/aromatic N) is 3. The predicted octanol–water partition coefficient (Wildman–Crippen LogP) is 1.06. The van der Waals surface area contributed by atoms with Crippen LogP contribution in [-0.2, 0) is 27.3 Å². The van der Waals surface area contributed by atoms with Gasteiger partial charge in [-0.05, 0) is 63.0 Å². The summed E-state index contributed by atoms with van der Waals surface area (Å²) in [6.45, 7) is 4.06. The molecular weight excluding hydrogens is 458 g/mol. The maximum absolute atomic E-state index is 13.6. The molecule has 0 aliphatic carbocycles. The average molecular weight is 496 g/mol. The van der Waals surface area contributed by atoms with E-state index in [1.165, 1.54) is 5.69 Å². The summed E-state index contributed by atoms with van der Waals surface area (Å²) in [4.78, 5) is 41.1. The number of likely N-dealkylation sites (tertiary alicyclic amines) is 2. The van der Waals surface area contributed by atoms with E-state index in [2.05, 4.69) is 17.6 Å². The van der Waals surface area contributed by atoms with Gasteiger partial charge in [-0.3, -0.25) is 19.8 Å². The Kier molecular flexibility index (Phi) is 7.63. The average Bonchev–Trinajstić information content (AvgIpc) is 3.58. The Bertz CT molecular complexity index is 1170. The van der Waals surface area contributed by atoms with Crippen LogP contribution in [0.15, 0.2) is 24.3 Å². The molecule has 3 heterocycles. The van der Waals surface area contributed by atoms with Crippen LogP contribution in [0.2, 0.25) is 0 Å². The third-order valence-electron chi connectivity index (χ3n) is 7.57. The highest BCUT2D eigenvalue weighted by atomic mass is 16.2. The second-order valence-electron chi connectivity index (χ2n) is 9.90. The number of hydrogen-bond donors (Lipinski definition) is 4. The lowest BCUT2D eigenvalue weighted by Gasteiger charge is -2.32. The molecular formula is C26H37N7O3. The molecule has 10 heteroatoms. The van der Waals surface area contributed by atoms with Crippen molar-refractivity contribution in [1.82, 2.24) is 14.4 Å². The molecule has 194 valence electrons. The van der Waals surface area contributed by atoms with E-state index in [1.807, 2.05) is 23.1 Å². The lowest BCUT2D eigenvalue weighted by Crippen LogP contribution is -2.53. The fourth-order valence-electron chi connectivity index (χ4n) is 5.80. The van der Waals surface area contributed by atoms with E-state index in [0.717, 1.165) is 49.6 Å². The Morgan fingerprint density at radius 2 is 1.81 bits per heavy atom. The summed E-state index contributed by atoms with van der Waals surface area (Å²) in [5.41, 5.74) is 19.8. The van der Waals surface area contributed by atoms with Gasteiger partial charge in [-0.2, -0.15) is 0 Å². The maximum atomic E-state index is 13.6. The molecule has 2 saturated heterocycles. The Balaban J connectivity index is 1.46. The number of rotatable bonds is 9. The van der Waals surface area contributed by atoms with Crippen LogP contribution in [-0.4, -0.2) is 69.1 Å². The summed E-state index contributed by atoms with van der Waals surface area (Å²) in [5, 5.41) is 8.86. The van der Waals surface area contributed by atoms with E-state index in [0.29, 0.717) is 25.1 Å². The highest BCUT2D eigenvalue weighted by Crippen LogP contribution is 2.29. The van der Waals surface area contributed by atoms with Crippen LogP contribution in [0.4, 0.5) is 0 Å². The zero-order valence-corrected chi connectivity index (χ0v) is 20.9. The molecule has 2 aromatic rings. The van der Waals surface area contributed by atoms with Gasteiger partial charge in [-0.15, -0.1) is 0 Å². The van der Waals surface area contributed by atoms with Crippen LogP contribution in [0.1, 0.15) is 56.7 Å². The minimum atomic E-state index is -1.01. The van der Waals surface area contributed by atoms with Crippen molar-refractivity contribution in [3.8, 4) is 0 Å². The van der Waals surface area contributed by atoms with Crippen molar-refractivity contribution < 1.29 is 14.4 Å². The Morgan fingerprint density at radius 3 is 2.50 bits per heavy atom. The highest BCUT2D eigenvalue weighted by Gasteiger charge is 2.41. The Morgan fingerprint density at radius 1 is 1.08 bits per heavy atom. The van der Waals surface area contributed by atoms with Crippen molar-refractivity contribution in [3.63, 3.8) is 0 Å². The van der Waals surface area contributed by atoms with Crippen molar-refractivity contribution in [2.45, 2.75) is 76.5 Å². The molecule has 2 fully saturated rings. The fraction of sp³-hybridized carbons (Fsp3) is 0.538. The van der Waals surface area contributed by atoms with Crippen molar-refractivity contribution in [2.75, 3.05) is 13.1 Å². The molecule has 10 nitrogen and oxygen atoms in total. The van der Waals surface area contributed by atoms with Crippen LogP contribution < -0.4 is 17.2 Å². The number of aromatic nitrogens is 1. The van der Waals surface area contributed by atoms with Gasteiger partial charge in [-0.1, -0.05) is 12.1 Å². The molecule has 36 heavy (non-hydrogen) atoms. The first-order valence-corrected chi connectivity index (χ1v) is 12.8. The van der Waals surface area contributed by atoms with E-state index < -0.39 is 18.0 Å². The van der Waals surface area contributed by atoms with Gasteiger partial charge in [0.1, 0.15) is 11.9 Å². The molecule has 1 aromatic heterocycles. The van der Waals surface area contributed by atoms with E-state index in [1.54, 1.807) is 4.90 Å². The van der Waals surface area contributed by atoms with Gasteiger partial charge in [0.05, 0.1) is 12.5 Å². The first-order chi connectivity index (χ1) is 17.2. The van der Waals surface area contributed by atoms with Crippen LogP contribution >= 0.6 is 0 Å². The second-order valence-corrected chi connectivity index (χ2v) is 9.90. The smallest absolute Gasteiger partial charge is 0.245 e. The molecule has 3 amide bonds. The lowest BCUT2D eigenvalue weighted by molar-refractivity contribution is -0.145. The molecule has 1 aromatic carbocycles. The highest BCUT2D eigenvalue weighted by molar-refractivity contribution is 5.98. The van der Waals surface area contributed by atoms with Crippen molar-refractivity contribution in [2.24, 2.45) is 17.2 Å². The Hall–Kier alpha value is -3.40. The molecule has 0 saturated carbocycles. The number of nitrogens with two attached hydrogens (primary N) is 3. The fourth-order valence-corrected chi connectivity index (χ4v) is 5.80. The second kappa shape index (κ2) is 10.7. The number of carbonyl (C=O) groups excluding carboxylic acids is 3. The quantitative estimate of drug-likeness (QED) is 0.301. The van der Waals surface area contributed by atoms with E-state index >= 15 is 0 Å². The van der Waals surface area contributed by atoms with Gasteiger partial charge in [0, 0.05) is 42.5 Å². The van der Waals surface area contributed by atoms with Gasteiger partial charge in [0.25, 0.3) is 0 Å².